The van der Waals surface area contributed by atoms with E-state index in [1.54, 1.807) is 42.5 Å². The minimum atomic E-state index is -1.20. The van der Waals surface area contributed by atoms with Gasteiger partial charge in [-0.2, -0.15) is 0 Å². The highest BCUT2D eigenvalue weighted by Crippen LogP contribution is 2.58. The van der Waals surface area contributed by atoms with Gasteiger partial charge in [0, 0.05) is 37.8 Å². The zero-order chi connectivity index (χ0) is 28.9. The average molecular weight is 653 g/mol. The summed E-state index contributed by atoms with van der Waals surface area (Å²) in [6.45, 7) is 0. The van der Waals surface area contributed by atoms with Crippen molar-refractivity contribution >= 4 is 62.5 Å². The molecule has 3 aromatic rings. The van der Waals surface area contributed by atoms with Crippen LogP contribution in [0.3, 0.4) is 0 Å². The number of hydrogen-bond acceptors (Lipinski definition) is 4. The normalized spacial score (nSPS) is 24.9. The van der Waals surface area contributed by atoms with Crippen LogP contribution in [-0.4, -0.2) is 17.7 Å². The van der Waals surface area contributed by atoms with Gasteiger partial charge in [0.15, 0.2) is 0 Å². The molecule has 3 aromatic carbocycles. The summed E-state index contributed by atoms with van der Waals surface area (Å²) < 4.78 is 7.05. The van der Waals surface area contributed by atoms with Gasteiger partial charge in [-0.25, -0.2) is 0 Å². The molecule has 4 atom stereocenters. The monoisotopic (exact) mass is 651 g/mol. The Morgan fingerprint density at radius 1 is 1.02 bits per heavy atom. The Hall–Kier alpha value is -3.59. The summed E-state index contributed by atoms with van der Waals surface area (Å²) >= 11 is 16.4. The number of ether oxygens (including phenoxy) is 1. The summed E-state index contributed by atoms with van der Waals surface area (Å²) in [6.07, 6.45) is 6.37. The second kappa shape index (κ2) is 10.7. The first-order valence-corrected chi connectivity index (χ1v) is 14.5. The second-order valence-electron chi connectivity index (χ2n) is 10.4. The van der Waals surface area contributed by atoms with Crippen molar-refractivity contribution < 1.29 is 19.1 Å². The van der Waals surface area contributed by atoms with Crippen LogP contribution in [0.5, 0.6) is 11.5 Å². The van der Waals surface area contributed by atoms with Crippen LogP contribution in [0.15, 0.2) is 88.4 Å². The number of piperidine rings is 1. The predicted octanol–water partition coefficient (Wildman–Crippen LogP) is 6.76. The van der Waals surface area contributed by atoms with Crippen molar-refractivity contribution in [1.82, 2.24) is 5.32 Å². The van der Waals surface area contributed by atoms with Crippen molar-refractivity contribution in [3.05, 3.63) is 110 Å². The fourth-order valence-corrected chi connectivity index (χ4v) is 7.10. The highest BCUT2D eigenvalue weighted by atomic mass is 79.9. The van der Waals surface area contributed by atoms with Gasteiger partial charge in [0.2, 0.25) is 17.7 Å². The van der Waals surface area contributed by atoms with Crippen LogP contribution in [0.25, 0.3) is 0 Å². The number of halogens is 3. The first-order valence-electron chi connectivity index (χ1n) is 13.0. The first-order chi connectivity index (χ1) is 19.7. The number of rotatable bonds is 5. The molecule has 6 rings (SSSR count). The number of hydrogen-bond donors (Lipinski definition) is 3. The van der Waals surface area contributed by atoms with Crippen LogP contribution in [-0.2, 0) is 15.0 Å². The number of anilines is 1. The lowest BCUT2D eigenvalue weighted by atomic mass is 9.57. The molecule has 3 aliphatic rings. The first kappa shape index (κ1) is 27.6. The van der Waals surface area contributed by atoms with Gasteiger partial charge in [0.1, 0.15) is 16.9 Å². The largest absolute Gasteiger partial charge is 0.457 e. The molecule has 0 bridgehead atoms. The van der Waals surface area contributed by atoms with Gasteiger partial charge >= 0.3 is 0 Å². The second-order valence-corrected chi connectivity index (χ2v) is 12.2. The Bertz CT molecular complexity index is 1660. The molecule has 1 fully saturated rings. The fourth-order valence-electron chi connectivity index (χ4n) is 6.30. The summed E-state index contributed by atoms with van der Waals surface area (Å²) in [5.74, 6) is -0.664. The van der Waals surface area contributed by atoms with E-state index in [-0.39, 0.29) is 24.2 Å². The molecule has 10 heteroatoms. The molecule has 1 aliphatic carbocycles. The van der Waals surface area contributed by atoms with Gasteiger partial charge in [-0.05, 0) is 84.5 Å². The highest BCUT2D eigenvalue weighted by molar-refractivity contribution is 9.10. The van der Waals surface area contributed by atoms with E-state index in [9.17, 15) is 14.4 Å². The molecule has 0 aromatic heterocycles. The topological polar surface area (TPSA) is 111 Å². The lowest BCUT2D eigenvalue weighted by molar-refractivity contribution is -0.135. The Morgan fingerprint density at radius 3 is 2.54 bits per heavy atom. The fraction of sp³-hybridized carbons (Fsp3) is 0.194. The Balaban J connectivity index is 1.53. The summed E-state index contributed by atoms with van der Waals surface area (Å²) in [5, 5.41) is 7.35. The van der Waals surface area contributed by atoms with Crippen molar-refractivity contribution in [2.24, 2.45) is 17.6 Å². The number of carbonyl (C=O) groups is 3. The van der Waals surface area contributed by atoms with Gasteiger partial charge in [0.05, 0.1) is 6.04 Å². The van der Waals surface area contributed by atoms with Crippen molar-refractivity contribution in [2.75, 3.05) is 5.32 Å². The van der Waals surface area contributed by atoms with Crippen LogP contribution in [0, 0.1) is 11.8 Å². The van der Waals surface area contributed by atoms with Gasteiger partial charge in [0.25, 0.3) is 0 Å². The van der Waals surface area contributed by atoms with E-state index in [4.69, 9.17) is 33.7 Å². The third-order valence-corrected chi connectivity index (χ3v) is 9.04. The Kier molecular flexibility index (Phi) is 7.18. The van der Waals surface area contributed by atoms with E-state index in [1.807, 2.05) is 36.4 Å². The molecule has 1 unspecified atom stereocenters. The van der Waals surface area contributed by atoms with E-state index >= 15 is 0 Å². The van der Waals surface area contributed by atoms with E-state index in [0.29, 0.717) is 44.8 Å². The molecule has 2 aliphatic heterocycles. The molecule has 3 amide bonds. The van der Waals surface area contributed by atoms with Crippen molar-refractivity contribution in [3.63, 3.8) is 0 Å². The average Bonchev–Trinajstić information content (AvgIpc) is 3.22. The molecule has 7 nitrogen and oxygen atoms in total. The Morgan fingerprint density at radius 2 is 1.80 bits per heavy atom. The lowest BCUT2D eigenvalue weighted by Crippen LogP contribution is -2.59. The van der Waals surface area contributed by atoms with E-state index < -0.39 is 23.3 Å². The summed E-state index contributed by atoms with van der Waals surface area (Å²) in [7, 11) is 0. The molecule has 0 saturated carbocycles. The zero-order valence-corrected chi connectivity index (χ0v) is 24.6. The quantitative estimate of drug-likeness (QED) is 0.283. The van der Waals surface area contributed by atoms with Crippen LogP contribution < -0.4 is 21.1 Å². The maximum absolute atomic E-state index is 14.3. The van der Waals surface area contributed by atoms with E-state index in [0.717, 1.165) is 10.0 Å². The molecule has 41 heavy (non-hydrogen) atoms. The zero-order valence-electron chi connectivity index (χ0n) is 21.5. The van der Waals surface area contributed by atoms with Gasteiger partial charge in [-0.1, -0.05) is 57.4 Å². The smallest absolute Gasteiger partial charge is 0.248 e. The maximum Gasteiger partial charge on any atom is 0.248 e. The van der Waals surface area contributed by atoms with Crippen LogP contribution >= 0.6 is 39.1 Å². The number of primary amides is 1. The minimum absolute atomic E-state index is 0.129. The number of amides is 3. The molecule has 0 radical (unpaired) electrons. The molecule has 1 saturated heterocycles. The standard InChI is InChI=1S/C31H24BrCl2N3O4/c32-18-6-11-26(41-21-8-4-16(5-9-21)29(35)39)22(13-18)28-31(23-10-7-20(34)14-25(23)36-30(31)40)24(15-27(38)37-28)17-2-1-3-19(33)12-17/h1-11,13-14,17,24,28H,12,15H2,(H2,35,39)(H,36,40)(H,37,38)/t17?,24-,28+,31-/m0/s1. The lowest BCUT2D eigenvalue weighted by Gasteiger charge is -2.49. The van der Waals surface area contributed by atoms with Crippen molar-refractivity contribution in [1.29, 1.82) is 0 Å². The van der Waals surface area contributed by atoms with Crippen LogP contribution in [0.4, 0.5) is 5.69 Å². The minimum Gasteiger partial charge on any atom is -0.457 e. The van der Waals surface area contributed by atoms with Crippen LogP contribution in [0.2, 0.25) is 5.02 Å². The molecule has 208 valence electrons. The third-order valence-electron chi connectivity index (χ3n) is 8.03. The number of carbonyl (C=O) groups excluding carboxylic acids is 3. The van der Waals surface area contributed by atoms with Crippen molar-refractivity contribution in [2.45, 2.75) is 24.3 Å². The van der Waals surface area contributed by atoms with Gasteiger partial charge in [-0.15, -0.1) is 0 Å². The number of nitrogens with one attached hydrogen (secondary N) is 2. The van der Waals surface area contributed by atoms with E-state index in [1.165, 1.54) is 0 Å². The molecular formula is C31H24BrCl2N3O4. The third kappa shape index (κ3) is 4.84. The number of nitrogens with two attached hydrogens (primary N) is 1. The van der Waals surface area contributed by atoms with Gasteiger partial charge < -0.3 is 21.1 Å². The predicted molar refractivity (Wildman–Crippen MR) is 161 cm³/mol. The van der Waals surface area contributed by atoms with Crippen LogP contribution in [0.1, 0.15) is 40.4 Å². The summed E-state index contributed by atoms with van der Waals surface area (Å²) in [6, 6.07) is 16.4. The number of benzene rings is 3. The van der Waals surface area contributed by atoms with Gasteiger partial charge in [-0.3, -0.25) is 14.4 Å². The highest BCUT2D eigenvalue weighted by Gasteiger charge is 2.62. The summed E-state index contributed by atoms with van der Waals surface area (Å²) in [4.78, 5) is 39.3. The number of allylic oxidation sites excluding steroid dienone is 4. The molecule has 2 heterocycles. The maximum atomic E-state index is 14.3. The molecule has 4 N–H and O–H groups in total. The van der Waals surface area contributed by atoms with E-state index in [2.05, 4.69) is 26.6 Å². The number of fused-ring (bicyclic) bond motifs is 2. The Labute approximate surface area is 254 Å². The SMILES string of the molecule is NC(=O)c1ccc(Oc2ccc(Br)cc2[C@H]2NC(=O)C[C@@H](C3C=CC=C(Cl)C3)[C@]23C(=O)Nc2cc(Cl)ccc23)cc1. The molecule has 1 spiro atoms. The molecular weight excluding hydrogens is 629 g/mol. The van der Waals surface area contributed by atoms with Crippen molar-refractivity contribution in [3.8, 4) is 11.5 Å². The summed E-state index contributed by atoms with van der Waals surface area (Å²) in [5.41, 5.74) is 6.50.